The van der Waals surface area contributed by atoms with E-state index in [1.54, 1.807) is 0 Å². The van der Waals surface area contributed by atoms with Crippen molar-refractivity contribution in [3.63, 3.8) is 0 Å². The number of hydrogen-bond acceptors (Lipinski definition) is 4. The highest BCUT2D eigenvalue weighted by Gasteiger charge is 2.29. The lowest BCUT2D eigenvalue weighted by molar-refractivity contribution is 0.142. The minimum Gasteiger partial charge on any atom is -0.382 e. The van der Waals surface area contributed by atoms with E-state index < -0.39 is 0 Å². The summed E-state index contributed by atoms with van der Waals surface area (Å²) in [6.45, 7) is 7.96. The Balaban J connectivity index is 1.78. The summed E-state index contributed by atoms with van der Waals surface area (Å²) < 4.78 is 7.93. The first-order valence-electron chi connectivity index (χ1n) is 7.20. The summed E-state index contributed by atoms with van der Waals surface area (Å²) >= 11 is 2.08. The van der Waals surface area contributed by atoms with Crippen LogP contribution < -0.4 is 5.32 Å². The lowest BCUT2D eigenvalue weighted by Gasteiger charge is -2.23. The third kappa shape index (κ3) is 4.42. The van der Waals surface area contributed by atoms with E-state index in [9.17, 15) is 0 Å². The zero-order valence-electron chi connectivity index (χ0n) is 12.0. The molecule has 5 heteroatoms. The lowest BCUT2D eigenvalue weighted by atomic mass is 10.1. The Morgan fingerprint density at radius 3 is 3.21 bits per heavy atom. The monoisotopic (exact) mass is 283 g/mol. The van der Waals surface area contributed by atoms with Crippen LogP contribution in [0.4, 0.5) is 5.95 Å². The van der Waals surface area contributed by atoms with Gasteiger partial charge in [0, 0.05) is 43.4 Å². The van der Waals surface area contributed by atoms with E-state index in [4.69, 9.17) is 4.74 Å². The fourth-order valence-electron chi connectivity index (χ4n) is 2.38. The lowest BCUT2D eigenvalue weighted by Crippen LogP contribution is -2.28. The van der Waals surface area contributed by atoms with Crippen LogP contribution in [0.3, 0.4) is 0 Å². The molecule has 2 heterocycles. The molecule has 0 aliphatic carbocycles. The molecule has 1 aromatic heterocycles. The minimum absolute atomic E-state index is 0.377. The molecule has 0 radical (unpaired) electrons. The number of hydrogen-bond donors (Lipinski definition) is 1. The van der Waals surface area contributed by atoms with Gasteiger partial charge in [0.05, 0.1) is 0 Å². The van der Waals surface area contributed by atoms with Crippen LogP contribution in [-0.2, 0) is 11.3 Å². The second kappa shape index (κ2) is 7.20. The molecule has 1 aliphatic rings. The Labute approximate surface area is 120 Å². The van der Waals surface area contributed by atoms with Crippen molar-refractivity contribution in [3.05, 3.63) is 12.4 Å². The van der Waals surface area contributed by atoms with E-state index in [0.29, 0.717) is 4.75 Å². The molecule has 0 amide bonds. The summed E-state index contributed by atoms with van der Waals surface area (Å²) in [6, 6.07) is 0. The smallest absolute Gasteiger partial charge is 0.202 e. The molecule has 1 N–H and O–H groups in total. The summed E-state index contributed by atoms with van der Waals surface area (Å²) in [7, 11) is 0. The Morgan fingerprint density at radius 2 is 2.47 bits per heavy atom. The highest BCUT2D eigenvalue weighted by Crippen LogP contribution is 2.37. The molecule has 0 bridgehead atoms. The Kier molecular flexibility index (Phi) is 5.58. The van der Waals surface area contributed by atoms with Gasteiger partial charge in [0.15, 0.2) is 0 Å². The second-order valence-electron chi connectivity index (χ2n) is 5.25. The van der Waals surface area contributed by atoms with Gasteiger partial charge < -0.3 is 14.6 Å². The van der Waals surface area contributed by atoms with Crippen molar-refractivity contribution >= 4 is 17.7 Å². The summed E-state index contributed by atoms with van der Waals surface area (Å²) in [5, 5.41) is 3.51. The number of aryl methyl sites for hydroxylation is 1. The molecular weight excluding hydrogens is 258 g/mol. The van der Waals surface area contributed by atoms with Crippen molar-refractivity contribution in [2.24, 2.45) is 0 Å². The molecular formula is C14H25N3OS. The maximum atomic E-state index is 5.37. The van der Waals surface area contributed by atoms with Gasteiger partial charge >= 0.3 is 0 Å². The highest BCUT2D eigenvalue weighted by atomic mass is 32.2. The molecule has 19 heavy (non-hydrogen) atoms. The molecule has 0 saturated carbocycles. The van der Waals surface area contributed by atoms with Crippen molar-refractivity contribution < 1.29 is 4.74 Å². The number of ether oxygens (including phenoxy) is 1. The molecule has 2 rings (SSSR count). The van der Waals surface area contributed by atoms with Crippen LogP contribution >= 0.6 is 11.8 Å². The molecule has 1 aliphatic heterocycles. The van der Waals surface area contributed by atoms with Crippen molar-refractivity contribution in [1.29, 1.82) is 0 Å². The van der Waals surface area contributed by atoms with Crippen molar-refractivity contribution in [2.75, 3.05) is 30.8 Å². The number of rotatable bonds is 8. The maximum absolute atomic E-state index is 5.37. The number of imidazole rings is 1. The van der Waals surface area contributed by atoms with E-state index in [1.165, 1.54) is 18.6 Å². The first kappa shape index (κ1) is 14.7. The third-order valence-corrected chi connectivity index (χ3v) is 5.07. The van der Waals surface area contributed by atoms with Gasteiger partial charge in [-0.25, -0.2) is 4.98 Å². The topological polar surface area (TPSA) is 39.1 Å². The molecule has 0 spiro atoms. The summed E-state index contributed by atoms with van der Waals surface area (Å²) in [6.07, 6.45) is 7.58. The highest BCUT2D eigenvalue weighted by molar-refractivity contribution is 8.00. The standard InChI is InChI=1S/C14H25N3OS/c1-3-18-10-5-8-17-9-7-15-13(17)16-12-14(2)6-4-11-19-14/h7,9H,3-6,8,10-12H2,1-2H3,(H,15,16). The third-order valence-electron chi connectivity index (χ3n) is 3.53. The van der Waals surface area contributed by atoms with Gasteiger partial charge in [-0.05, 0) is 38.9 Å². The SMILES string of the molecule is CCOCCCn1ccnc1NCC1(C)CCCS1. The van der Waals surface area contributed by atoms with E-state index >= 15 is 0 Å². The number of nitrogens with zero attached hydrogens (tertiary/aromatic N) is 2. The Morgan fingerprint density at radius 1 is 1.58 bits per heavy atom. The Bertz CT molecular complexity index is 375. The second-order valence-corrected chi connectivity index (χ2v) is 6.93. The number of thioether (sulfide) groups is 1. The van der Waals surface area contributed by atoms with Crippen LogP contribution in [0.5, 0.6) is 0 Å². The van der Waals surface area contributed by atoms with Crippen LogP contribution in [0, 0.1) is 0 Å². The molecule has 1 atom stereocenters. The zero-order chi connectivity index (χ0) is 13.6. The molecule has 1 aromatic rings. The van der Waals surface area contributed by atoms with E-state index in [2.05, 4.69) is 33.6 Å². The quantitative estimate of drug-likeness (QED) is 0.744. The van der Waals surface area contributed by atoms with Gasteiger partial charge in [-0.1, -0.05) is 0 Å². The van der Waals surface area contributed by atoms with Gasteiger partial charge in [0.2, 0.25) is 5.95 Å². The maximum Gasteiger partial charge on any atom is 0.202 e. The van der Waals surface area contributed by atoms with Crippen molar-refractivity contribution in [1.82, 2.24) is 9.55 Å². The van der Waals surface area contributed by atoms with Crippen molar-refractivity contribution in [2.45, 2.75) is 44.4 Å². The number of aromatic nitrogens is 2. The van der Waals surface area contributed by atoms with Gasteiger partial charge in [-0.2, -0.15) is 11.8 Å². The fraction of sp³-hybridized carbons (Fsp3) is 0.786. The molecule has 4 nitrogen and oxygen atoms in total. The largest absolute Gasteiger partial charge is 0.382 e. The molecule has 1 saturated heterocycles. The zero-order valence-corrected chi connectivity index (χ0v) is 12.8. The number of anilines is 1. The van der Waals surface area contributed by atoms with E-state index in [-0.39, 0.29) is 0 Å². The van der Waals surface area contributed by atoms with Gasteiger partial charge in [0.25, 0.3) is 0 Å². The number of nitrogens with one attached hydrogen (secondary N) is 1. The van der Waals surface area contributed by atoms with E-state index in [1.807, 2.05) is 19.3 Å². The van der Waals surface area contributed by atoms with Crippen LogP contribution in [0.25, 0.3) is 0 Å². The molecule has 1 unspecified atom stereocenters. The van der Waals surface area contributed by atoms with Gasteiger partial charge in [0.1, 0.15) is 0 Å². The van der Waals surface area contributed by atoms with Crippen LogP contribution in [0.1, 0.15) is 33.1 Å². The molecule has 1 fully saturated rings. The normalized spacial score (nSPS) is 22.8. The molecule has 0 aromatic carbocycles. The summed E-state index contributed by atoms with van der Waals surface area (Å²) in [5.41, 5.74) is 0. The van der Waals surface area contributed by atoms with Gasteiger partial charge in [-0.15, -0.1) is 0 Å². The van der Waals surface area contributed by atoms with Crippen molar-refractivity contribution in [3.8, 4) is 0 Å². The Hall–Kier alpha value is -0.680. The first-order chi connectivity index (χ1) is 9.23. The minimum atomic E-state index is 0.377. The first-order valence-corrected chi connectivity index (χ1v) is 8.19. The summed E-state index contributed by atoms with van der Waals surface area (Å²) in [5.74, 6) is 2.28. The average molecular weight is 283 g/mol. The fourth-order valence-corrected chi connectivity index (χ4v) is 3.62. The van der Waals surface area contributed by atoms with Crippen LogP contribution in [-0.4, -0.2) is 39.8 Å². The van der Waals surface area contributed by atoms with Crippen LogP contribution in [0.2, 0.25) is 0 Å². The van der Waals surface area contributed by atoms with Crippen LogP contribution in [0.15, 0.2) is 12.4 Å². The average Bonchev–Trinajstić information content (AvgIpc) is 3.02. The summed E-state index contributed by atoms with van der Waals surface area (Å²) in [4.78, 5) is 4.41. The van der Waals surface area contributed by atoms with E-state index in [0.717, 1.165) is 38.7 Å². The molecule has 108 valence electrons. The predicted molar refractivity (Wildman–Crippen MR) is 81.9 cm³/mol. The predicted octanol–water partition coefficient (Wildman–Crippen LogP) is 3.01. The van der Waals surface area contributed by atoms with Gasteiger partial charge in [-0.3, -0.25) is 0 Å².